The number of carboxylic acid groups (broad SMARTS) is 1. The number of carbonyl (C=O) groups is 3. The number of hydrazone groups is 1. The first kappa shape index (κ1) is 32.7. The van der Waals surface area contributed by atoms with Crippen LogP contribution in [-0.2, 0) is 39.2 Å². The molecule has 2 aliphatic rings. The van der Waals surface area contributed by atoms with Crippen LogP contribution in [0.1, 0.15) is 40.5 Å². The van der Waals surface area contributed by atoms with Crippen LogP contribution in [0.2, 0.25) is 5.02 Å². The number of ether oxygens (including phenoxy) is 2. The van der Waals surface area contributed by atoms with Gasteiger partial charge in [0.2, 0.25) is 5.91 Å². The van der Waals surface area contributed by atoms with Crippen molar-refractivity contribution in [1.82, 2.24) is 19.9 Å². The highest BCUT2D eigenvalue weighted by atomic mass is 35.5. The molecule has 0 spiro atoms. The number of imidazole rings is 1. The zero-order valence-electron chi connectivity index (χ0n) is 25.5. The van der Waals surface area contributed by atoms with Gasteiger partial charge in [0.1, 0.15) is 29.0 Å². The van der Waals surface area contributed by atoms with Crippen molar-refractivity contribution in [3.63, 3.8) is 0 Å². The number of nitrogens with one attached hydrogen (secondary N) is 1. The number of carboxylic acids is 1. The topological polar surface area (TPSA) is 169 Å². The molecule has 1 aromatic heterocycles. The van der Waals surface area contributed by atoms with Crippen LogP contribution < -0.4 is 14.9 Å². The van der Waals surface area contributed by atoms with Crippen molar-refractivity contribution < 1.29 is 37.4 Å². The van der Waals surface area contributed by atoms with Crippen LogP contribution in [0.15, 0.2) is 90.4 Å². The number of fused-ring (bicyclic) bond motifs is 1. The highest BCUT2D eigenvalue weighted by Gasteiger charge is 2.69. The van der Waals surface area contributed by atoms with Gasteiger partial charge in [0, 0.05) is 12.7 Å². The summed E-state index contributed by atoms with van der Waals surface area (Å²) >= 11 is 6.69. The van der Waals surface area contributed by atoms with E-state index < -0.39 is 43.8 Å². The van der Waals surface area contributed by atoms with Crippen LogP contribution in [0.4, 0.5) is 0 Å². The Balaban J connectivity index is 1.15. The molecule has 3 atom stereocenters. The zero-order valence-corrected chi connectivity index (χ0v) is 27.1. The van der Waals surface area contributed by atoms with Crippen molar-refractivity contribution >= 4 is 45.4 Å². The normalized spacial score (nSPS) is 21.0. The van der Waals surface area contributed by atoms with Crippen molar-refractivity contribution in [1.29, 1.82) is 0 Å². The highest BCUT2D eigenvalue weighted by molar-refractivity contribution is 7.93. The second kappa shape index (κ2) is 13.1. The maximum Gasteiger partial charge on any atom is 0.328 e. The average Bonchev–Trinajstić information content (AvgIpc) is 3.56. The first-order chi connectivity index (χ1) is 23.0. The summed E-state index contributed by atoms with van der Waals surface area (Å²) < 4.78 is 38.1. The third kappa shape index (κ3) is 6.11. The van der Waals surface area contributed by atoms with E-state index in [-0.39, 0.29) is 48.2 Å². The van der Waals surface area contributed by atoms with Crippen LogP contribution in [0, 0.1) is 0 Å². The number of aromatic nitrogens is 2. The smallest absolute Gasteiger partial charge is 0.328 e. The second-order valence-electron chi connectivity index (χ2n) is 11.5. The van der Waals surface area contributed by atoms with Gasteiger partial charge in [-0.2, -0.15) is 5.10 Å². The van der Waals surface area contributed by atoms with Gasteiger partial charge in [-0.25, -0.2) is 23.6 Å². The summed E-state index contributed by atoms with van der Waals surface area (Å²) in [5.41, 5.74) is 4.55. The van der Waals surface area contributed by atoms with Crippen molar-refractivity contribution in [2.75, 3.05) is 0 Å². The Hall–Kier alpha value is -5.21. The Morgan fingerprint density at radius 2 is 1.71 bits per heavy atom. The van der Waals surface area contributed by atoms with Crippen LogP contribution in [0.25, 0.3) is 0 Å². The van der Waals surface area contributed by atoms with E-state index in [1.165, 1.54) is 36.3 Å². The van der Waals surface area contributed by atoms with Gasteiger partial charge < -0.3 is 24.0 Å². The Bertz CT molecular complexity index is 2000. The summed E-state index contributed by atoms with van der Waals surface area (Å²) in [5, 5.41) is 12.6. The number of hydrogen-bond donors (Lipinski definition) is 2. The van der Waals surface area contributed by atoms with Crippen molar-refractivity contribution in [2.24, 2.45) is 5.10 Å². The van der Waals surface area contributed by atoms with E-state index in [0.29, 0.717) is 5.75 Å². The van der Waals surface area contributed by atoms with Crippen LogP contribution in [0.5, 0.6) is 11.5 Å². The van der Waals surface area contributed by atoms with Gasteiger partial charge in [0.15, 0.2) is 27.4 Å². The molecule has 2 aliphatic heterocycles. The number of sulfone groups is 1. The van der Waals surface area contributed by atoms with Gasteiger partial charge >= 0.3 is 5.97 Å². The molecule has 3 heterocycles. The number of amides is 2. The van der Waals surface area contributed by atoms with Gasteiger partial charge in [-0.1, -0.05) is 72.3 Å². The van der Waals surface area contributed by atoms with Gasteiger partial charge in [0.05, 0.1) is 29.5 Å². The number of benzene rings is 3. The summed E-state index contributed by atoms with van der Waals surface area (Å²) in [7, 11) is -4.00. The lowest BCUT2D eigenvalue weighted by atomic mass is 9.96. The number of aliphatic carboxylic acids is 1. The third-order valence-corrected chi connectivity index (χ3v) is 11.5. The minimum atomic E-state index is -4.00. The molecule has 0 bridgehead atoms. The predicted octanol–water partition coefficient (Wildman–Crippen LogP) is 3.66. The zero-order chi connectivity index (χ0) is 34.1. The molecule has 2 N–H and O–H groups in total. The molecule has 0 aliphatic carbocycles. The average molecular weight is 692 g/mol. The standard InChI is InChI=1S/C33H30ClN5O8S/c1-33(30(32(42)43)39-26(40)14-27(39)48(33,44)45)19-38-16-23(35-20-38)15-36-37-31(41)24-12-13-25(46-17-21-8-4-2-5-9-21)29(28(24)34)47-18-22-10-6-3-7-11-22/h2-13,15-16,20,27,30H,14,17-19H2,1H3,(H,37,41)(H,42,43)/b36-15+/t27-,30+,33+/m1/s1. The molecular formula is C33H30ClN5O8S. The molecule has 2 amide bonds. The van der Waals surface area contributed by atoms with Gasteiger partial charge in [-0.05, 0) is 30.2 Å². The van der Waals surface area contributed by atoms with E-state index in [1.54, 1.807) is 6.07 Å². The maximum atomic E-state index is 13.2. The van der Waals surface area contributed by atoms with E-state index in [0.717, 1.165) is 16.0 Å². The fraction of sp³-hybridized carbons (Fsp3) is 0.242. The number of β-lactam (4-membered cyclic amide) rings is 1. The Labute approximate surface area is 280 Å². The van der Waals surface area contributed by atoms with E-state index in [2.05, 4.69) is 15.5 Å². The first-order valence-corrected chi connectivity index (χ1v) is 16.7. The number of halogens is 1. The first-order valence-electron chi connectivity index (χ1n) is 14.8. The molecule has 6 rings (SSSR count). The minimum Gasteiger partial charge on any atom is -0.485 e. The lowest BCUT2D eigenvalue weighted by molar-refractivity contribution is -0.157. The maximum absolute atomic E-state index is 13.2. The summed E-state index contributed by atoms with van der Waals surface area (Å²) in [4.78, 5) is 42.3. The molecule has 13 nitrogen and oxygen atoms in total. The van der Waals surface area contributed by atoms with Crippen molar-refractivity contribution in [2.45, 2.75) is 49.3 Å². The number of nitrogens with zero attached hydrogens (tertiary/aromatic N) is 4. The molecule has 0 unspecified atom stereocenters. The van der Waals surface area contributed by atoms with Crippen molar-refractivity contribution in [3.05, 3.63) is 113 Å². The second-order valence-corrected chi connectivity index (χ2v) is 14.5. The largest absolute Gasteiger partial charge is 0.485 e. The molecule has 48 heavy (non-hydrogen) atoms. The van der Waals surface area contributed by atoms with E-state index in [4.69, 9.17) is 21.1 Å². The van der Waals surface area contributed by atoms with E-state index >= 15 is 0 Å². The molecule has 2 saturated heterocycles. The highest BCUT2D eigenvalue weighted by Crippen LogP contribution is 2.47. The Kier molecular flexibility index (Phi) is 8.95. The van der Waals surface area contributed by atoms with Crippen LogP contribution in [-0.4, -0.2) is 68.1 Å². The minimum absolute atomic E-state index is 0.0238. The molecule has 4 aromatic rings. The Morgan fingerprint density at radius 1 is 1.06 bits per heavy atom. The molecule has 0 saturated carbocycles. The van der Waals surface area contributed by atoms with Crippen LogP contribution >= 0.6 is 11.6 Å². The van der Waals surface area contributed by atoms with Crippen molar-refractivity contribution in [3.8, 4) is 11.5 Å². The van der Waals surface area contributed by atoms with Gasteiger partial charge in [-0.15, -0.1) is 0 Å². The van der Waals surface area contributed by atoms with Gasteiger partial charge in [-0.3, -0.25) is 9.59 Å². The molecule has 3 aromatic carbocycles. The molecule has 248 valence electrons. The lowest BCUT2D eigenvalue weighted by Crippen LogP contribution is -2.58. The molecule has 2 fully saturated rings. The van der Waals surface area contributed by atoms with Crippen LogP contribution in [0.3, 0.4) is 0 Å². The quantitative estimate of drug-likeness (QED) is 0.128. The summed E-state index contributed by atoms with van der Waals surface area (Å²) in [6.45, 7) is 1.48. The number of hydrogen-bond acceptors (Lipinski definition) is 9. The SMILES string of the molecule is C[C@]1(Cn2cnc(/C=N/NC(=O)c3ccc(OCc4ccccc4)c(OCc4ccccc4)c3Cl)c2)[C@H](C(=O)O)N2C(=O)C[C@H]2S1(=O)=O. The molecular weight excluding hydrogens is 662 g/mol. The van der Waals surface area contributed by atoms with E-state index in [9.17, 15) is 27.9 Å². The third-order valence-electron chi connectivity index (χ3n) is 8.33. The monoisotopic (exact) mass is 691 g/mol. The molecule has 15 heteroatoms. The lowest BCUT2D eigenvalue weighted by Gasteiger charge is -2.35. The number of rotatable bonds is 12. The predicted molar refractivity (Wildman–Crippen MR) is 174 cm³/mol. The Morgan fingerprint density at radius 3 is 2.33 bits per heavy atom. The number of carbonyl (C=O) groups excluding carboxylic acids is 2. The summed E-state index contributed by atoms with van der Waals surface area (Å²) in [5.74, 6) is -2.02. The molecule has 0 radical (unpaired) electrons. The summed E-state index contributed by atoms with van der Waals surface area (Å²) in [6, 6.07) is 20.5. The van der Waals surface area contributed by atoms with E-state index in [1.807, 2.05) is 60.7 Å². The van der Waals surface area contributed by atoms with Gasteiger partial charge in [0.25, 0.3) is 5.91 Å². The fourth-order valence-electron chi connectivity index (χ4n) is 5.83. The summed E-state index contributed by atoms with van der Waals surface area (Å²) in [6.07, 6.45) is 3.77. The fourth-order valence-corrected chi connectivity index (χ4v) is 8.50.